The van der Waals surface area contributed by atoms with E-state index in [0.717, 1.165) is 0 Å². The maximum Gasteiger partial charge on any atom is 0.357 e. The van der Waals surface area contributed by atoms with Crippen LogP contribution in [0.25, 0.3) is 0 Å². The predicted octanol–water partition coefficient (Wildman–Crippen LogP) is 2.11. The first kappa shape index (κ1) is 14.8. The molecule has 1 fully saturated rings. The number of hydrogen-bond donors (Lipinski definition) is 1. The zero-order valence-electron chi connectivity index (χ0n) is 12.1. The fourth-order valence-corrected chi connectivity index (χ4v) is 2.07. The van der Waals surface area contributed by atoms with Gasteiger partial charge in [-0.05, 0) is 39.3 Å². The Hall–Kier alpha value is -1.59. The van der Waals surface area contributed by atoms with E-state index in [4.69, 9.17) is 9.57 Å². The summed E-state index contributed by atoms with van der Waals surface area (Å²) in [4.78, 5) is 17.8. The molecule has 5 nitrogen and oxygen atoms in total. The highest BCUT2D eigenvalue weighted by Gasteiger charge is 2.50. The lowest BCUT2D eigenvalue weighted by molar-refractivity contribution is -0.239. The molecule has 2 rings (SSSR count). The summed E-state index contributed by atoms with van der Waals surface area (Å²) in [7, 11) is 0. The number of benzene rings is 1. The van der Waals surface area contributed by atoms with Crippen molar-refractivity contribution in [2.45, 2.75) is 44.9 Å². The fourth-order valence-electron chi connectivity index (χ4n) is 2.07. The van der Waals surface area contributed by atoms with Crippen LogP contribution in [0.2, 0.25) is 0 Å². The Morgan fingerprint density at radius 3 is 2.55 bits per heavy atom. The Balaban J connectivity index is 2.11. The standard InChI is InChI=1S/C15H21NO4/c1-14(2,3)19-13(17)15(18)10-7-11-16(15)20-12-8-5-4-6-9-12/h4-6,8-9,18H,7,10-11H2,1-3H3. The summed E-state index contributed by atoms with van der Waals surface area (Å²) < 4.78 is 5.28. The maximum atomic E-state index is 12.2. The molecule has 0 bridgehead atoms. The zero-order chi connectivity index (χ0) is 14.8. The summed E-state index contributed by atoms with van der Waals surface area (Å²) in [6.45, 7) is 5.79. The Kier molecular flexibility index (Phi) is 4.01. The van der Waals surface area contributed by atoms with Crippen molar-refractivity contribution in [1.82, 2.24) is 5.06 Å². The molecule has 110 valence electrons. The van der Waals surface area contributed by atoms with Crippen molar-refractivity contribution >= 4 is 5.97 Å². The van der Waals surface area contributed by atoms with Gasteiger partial charge < -0.3 is 14.7 Å². The Labute approximate surface area is 119 Å². The molecule has 1 unspecified atom stereocenters. The number of nitrogens with zero attached hydrogens (tertiary/aromatic N) is 1. The molecule has 0 aliphatic carbocycles. The van der Waals surface area contributed by atoms with Gasteiger partial charge in [-0.3, -0.25) is 0 Å². The number of carbonyl (C=O) groups is 1. The number of aliphatic hydroxyl groups is 1. The van der Waals surface area contributed by atoms with Gasteiger partial charge >= 0.3 is 5.97 Å². The van der Waals surface area contributed by atoms with Gasteiger partial charge in [0.2, 0.25) is 5.72 Å². The topological polar surface area (TPSA) is 59.0 Å². The molecular weight excluding hydrogens is 258 g/mol. The van der Waals surface area contributed by atoms with E-state index in [1.807, 2.05) is 18.2 Å². The molecule has 0 spiro atoms. The largest absolute Gasteiger partial charge is 0.457 e. The molecule has 1 heterocycles. The Morgan fingerprint density at radius 2 is 1.95 bits per heavy atom. The molecule has 1 atom stereocenters. The molecule has 1 aromatic rings. The summed E-state index contributed by atoms with van der Waals surface area (Å²) in [5.74, 6) is -0.0881. The summed E-state index contributed by atoms with van der Waals surface area (Å²) >= 11 is 0. The SMILES string of the molecule is CC(C)(C)OC(=O)C1(O)CCCN1Oc1ccccc1. The molecule has 0 saturated carbocycles. The number of esters is 1. The van der Waals surface area contributed by atoms with E-state index in [-0.39, 0.29) is 0 Å². The quantitative estimate of drug-likeness (QED) is 0.859. The van der Waals surface area contributed by atoms with Crippen LogP contribution in [0.5, 0.6) is 5.75 Å². The molecule has 0 amide bonds. The lowest BCUT2D eigenvalue weighted by atomic mass is 10.1. The smallest absolute Gasteiger partial charge is 0.357 e. The third-order valence-corrected chi connectivity index (χ3v) is 2.98. The fraction of sp³-hybridized carbons (Fsp3) is 0.533. The van der Waals surface area contributed by atoms with Gasteiger partial charge in [-0.15, -0.1) is 5.06 Å². The normalized spacial score (nSPS) is 23.6. The number of hydroxylamine groups is 2. The summed E-state index contributed by atoms with van der Waals surface area (Å²) in [5, 5.41) is 11.9. The molecule has 1 aliphatic rings. The highest BCUT2D eigenvalue weighted by Crippen LogP contribution is 2.30. The molecule has 5 heteroatoms. The molecule has 1 aliphatic heterocycles. The molecular formula is C15H21NO4. The minimum absolute atomic E-state index is 0.300. The average molecular weight is 279 g/mol. The molecule has 1 aromatic carbocycles. The number of rotatable bonds is 3. The van der Waals surface area contributed by atoms with Crippen molar-refractivity contribution in [3.63, 3.8) is 0 Å². The van der Waals surface area contributed by atoms with E-state index in [1.165, 1.54) is 5.06 Å². The molecule has 0 aromatic heterocycles. The third kappa shape index (κ3) is 3.29. The van der Waals surface area contributed by atoms with Crippen molar-refractivity contribution in [2.24, 2.45) is 0 Å². The first-order valence-electron chi connectivity index (χ1n) is 6.78. The zero-order valence-corrected chi connectivity index (χ0v) is 12.1. The third-order valence-electron chi connectivity index (χ3n) is 2.98. The number of hydrogen-bond acceptors (Lipinski definition) is 5. The minimum atomic E-state index is -1.72. The van der Waals surface area contributed by atoms with Gasteiger partial charge in [0, 0.05) is 13.0 Å². The second-order valence-electron chi connectivity index (χ2n) is 5.93. The van der Waals surface area contributed by atoms with E-state index in [1.54, 1.807) is 32.9 Å². The summed E-state index contributed by atoms with van der Waals surface area (Å²) in [6.07, 6.45) is 0.970. The van der Waals surface area contributed by atoms with E-state index in [2.05, 4.69) is 0 Å². The lowest BCUT2D eigenvalue weighted by Crippen LogP contribution is -2.54. The molecule has 20 heavy (non-hydrogen) atoms. The number of para-hydroxylation sites is 1. The minimum Gasteiger partial charge on any atom is -0.457 e. The maximum absolute atomic E-state index is 12.2. The van der Waals surface area contributed by atoms with Gasteiger partial charge in [0.15, 0.2) is 0 Å². The summed E-state index contributed by atoms with van der Waals surface area (Å²) in [6, 6.07) is 9.08. The van der Waals surface area contributed by atoms with Crippen molar-refractivity contribution in [3.8, 4) is 5.75 Å². The number of ether oxygens (including phenoxy) is 1. The van der Waals surface area contributed by atoms with Crippen molar-refractivity contribution in [2.75, 3.05) is 6.54 Å². The Bertz CT molecular complexity index is 469. The van der Waals surface area contributed by atoms with Crippen LogP contribution in [0.4, 0.5) is 0 Å². The van der Waals surface area contributed by atoms with Crippen molar-refractivity contribution < 1.29 is 19.5 Å². The second kappa shape index (κ2) is 5.42. The van der Waals surface area contributed by atoms with Gasteiger partial charge in [0.1, 0.15) is 11.4 Å². The van der Waals surface area contributed by atoms with Crippen LogP contribution in [-0.2, 0) is 9.53 Å². The lowest BCUT2D eigenvalue weighted by Gasteiger charge is -2.33. The van der Waals surface area contributed by atoms with E-state index < -0.39 is 17.3 Å². The molecule has 1 N–H and O–H groups in total. The van der Waals surface area contributed by atoms with E-state index in [0.29, 0.717) is 25.1 Å². The van der Waals surface area contributed by atoms with Gasteiger partial charge in [-0.1, -0.05) is 18.2 Å². The first-order chi connectivity index (χ1) is 9.31. The van der Waals surface area contributed by atoms with Crippen LogP contribution in [-0.4, -0.2) is 34.0 Å². The average Bonchev–Trinajstić information content (AvgIpc) is 2.72. The monoisotopic (exact) mass is 279 g/mol. The van der Waals surface area contributed by atoms with E-state index in [9.17, 15) is 9.90 Å². The van der Waals surface area contributed by atoms with Gasteiger partial charge in [-0.25, -0.2) is 4.79 Å². The van der Waals surface area contributed by atoms with E-state index >= 15 is 0 Å². The first-order valence-corrected chi connectivity index (χ1v) is 6.78. The van der Waals surface area contributed by atoms with Gasteiger partial charge in [0.05, 0.1) is 0 Å². The van der Waals surface area contributed by atoms with Crippen LogP contribution >= 0.6 is 0 Å². The van der Waals surface area contributed by atoms with Gasteiger partial charge in [0.25, 0.3) is 0 Å². The predicted molar refractivity (Wildman–Crippen MR) is 73.8 cm³/mol. The van der Waals surface area contributed by atoms with Crippen molar-refractivity contribution in [3.05, 3.63) is 30.3 Å². The van der Waals surface area contributed by atoms with Crippen LogP contribution in [0.15, 0.2) is 30.3 Å². The van der Waals surface area contributed by atoms with Crippen molar-refractivity contribution in [1.29, 1.82) is 0 Å². The number of carbonyl (C=O) groups excluding carboxylic acids is 1. The van der Waals surface area contributed by atoms with Gasteiger partial charge in [-0.2, -0.15) is 0 Å². The van der Waals surface area contributed by atoms with Crippen LogP contribution < -0.4 is 4.84 Å². The van der Waals surface area contributed by atoms with Crippen LogP contribution in [0.1, 0.15) is 33.6 Å². The molecule has 0 radical (unpaired) electrons. The van der Waals surface area contributed by atoms with Crippen LogP contribution in [0, 0.1) is 0 Å². The summed E-state index contributed by atoms with van der Waals surface area (Å²) in [5.41, 5.74) is -2.36. The second-order valence-corrected chi connectivity index (χ2v) is 5.93. The highest BCUT2D eigenvalue weighted by molar-refractivity contribution is 5.79. The highest BCUT2D eigenvalue weighted by atomic mass is 16.7. The molecule has 1 saturated heterocycles. The van der Waals surface area contributed by atoms with Crippen LogP contribution in [0.3, 0.4) is 0 Å². The Morgan fingerprint density at radius 1 is 1.30 bits per heavy atom.